The van der Waals surface area contributed by atoms with Gasteiger partial charge < -0.3 is 24.1 Å². The Morgan fingerprint density at radius 2 is 1.74 bits per heavy atom. The van der Waals surface area contributed by atoms with Gasteiger partial charge in [-0.25, -0.2) is 9.78 Å². The minimum absolute atomic E-state index is 0.0777. The van der Waals surface area contributed by atoms with Gasteiger partial charge in [-0.1, -0.05) is 20.3 Å². The fourth-order valence-corrected chi connectivity index (χ4v) is 6.29. The standard InChI is InChI=1S/C25H40O9/c1-16-8-9-19-17(2)22(30-15-7-5-4-6-14-29-21(28)11-10-20(26)27)31-23-25(19)18(16)12-13-24(3,32-23)33-34-25/h16-19,22-23H,4-15H2,1-3H3,(H,26,27)/t16-,17-,18+,19+,22+,23-,24+,25-/m1/s1. The summed E-state index contributed by atoms with van der Waals surface area (Å²) in [5, 5.41) is 8.58. The van der Waals surface area contributed by atoms with Crippen LogP contribution in [0.5, 0.6) is 0 Å². The maximum absolute atomic E-state index is 11.4. The summed E-state index contributed by atoms with van der Waals surface area (Å²) in [7, 11) is 0. The lowest BCUT2D eigenvalue weighted by Crippen LogP contribution is -2.70. The van der Waals surface area contributed by atoms with Crippen LogP contribution in [0.25, 0.3) is 0 Å². The van der Waals surface area contributed by atoms with Crippen molar-refractivity contribution in [2.45, 2.75) is 109 Å². The lowest BCUT2D eigenvalue weighted by Gasteiger charge is -2.60. The van der Waals surface area contributed by atoms with E-state index < -0.39 is 29.6 Å². The fraction of sp³-hybridized carbons (Fsp3) is 0.920. The molecule has 2 bridgehead atoms. The highest BCUT2D eigenvalue weighted by Crippen LogP contribution is 2.60. The summed E-state index contributed by atoms with van der Waals surface area (Å²) in [5.74, 6) is -0.904. The van der Waals surface area contributed by atoms with E-state index >= 15 is 0 Å². The highest BCUT2D eigenvalue weighted by Gasteiger charge is 2.69. The van der Waals surface area contributed by atoms with Crippen molar-refractivity contribution in [3.05, 3.63) is 0 Å². The number of ether oxygens (including phenoxy) is 4. The topological polar surface area (TPSA) is 110 Å². The van der Waals surface area contributed by atoms with E-state index in [4.69, 9.17) is 33.8 Å². The van der Waals surface area contributed by atoms with Gasteiger partial charge in [0.25, 0.3) is 0 Å². The first-order valence-corrected chi connectivity index (χ1v) is 12.9. The maximum atomic E-state index is 11.4. The first-order chi connectivity index (χ1) is 16.2. The quantitative estimate of drug-likeness (QED) is 0.262. The fourth-order valence-electron chi connectivity index (χ4n) is 6.29. The third-order valence-corrected chi connectivity index (χ3v) is 8.22. The number of carbonyl (C=O) groups is 2. The Bertz CT molecular complexity index is 729. The molecule has 4 aliphatic heterocycles. The van der Waals surface area contributed by atoms with Crippen LogP contribution in [0.3, 0.4) is 0 Å². The summed E-state index contributed by atoms with van der Waals surface area (Å²) in [6, 6.07) is 0. The van der Waals surface area contributed by atoms with Crippen molar-refractivity contribution in [3.63, 3.8) is 0 Å². The molecule has 9 nitrogen and oxygen atoms in total. The van der Waals surface area contributed by atoms with Gasteiger partial charge in [0.05, 0.1) is 19.4 Å². The molecular formula is C25H40O9. The van der Waals surface area contributed by atoms with Crippen LogP contribution in [0, 0.1) is 23.7 Å². The first-order valence-electron chi connectivity index (χ1n) is 12.9. The molecule has 1 saturated carbocycles. The van der Waals surface area contributed by atoms with Crippen LogP contribution in [-0.4, -0.2) is 54.2 Å². The van der Waals surface area contributed by atoms with E-state index in [-0.39, 0.29) is 31.0 Å². The molecule has 0 aromatic carbocycles. The second kappa shape index (κ2) is 10.8. The Kier molecular flexibility index (Phi) is 8.19. The summed E-state index contributed by atoms with van der Waals surface area (Å²) in [4.78, 5) is 33.9. The van der Waals surface area contributed by atoms with Crippen LogP contribution >= 0.6 is 0 Å². The second-order valence-corrected chi connectivity index (χ2v) is 10.7. The molecule has 0 radical (unpaired) electrons. The van der Waals surface area contributed by atoms with Gasteiger partial charge in [-0.15, -0.1) is 0 Å². The molecule has 5 aliphatic rings. The predicted molar refractivity (Wildman–Crippen MR) is 119 cm³/mol. The third kappa shape index (κ3) is 5.28. The smallest absolute Gasteiger partial charge is 0.306 e. The average molecular weight is 485 g/mol. The molecule has 5 fully saturated rings. The Morgan fingerprint density at radius 3 is 2.50 bits per heavy atom. The number of aliphatic carboxylic acids is 1. The minimum Gasteiger partial charge on any atom is -0.481 e. The molecule has 0 amide bonds. The van der Waals surface area contributed by atoms with Crippen molar-refractivity contribution in [3.8, 4) is 0 Å². The summed E-state index contributed by atoms with van der Waals surface area (Å²) in [6.07, 6.45) is 6.45. The van der Waals surface area contributed by atoms with Crippen molar-refractivity contribution in [2.75, 3.05) is 13.2 Å². The highest BCUT2D eigenvalue weighted by molar-refractivity contribution is 5.76. The van der Waals surface area contributed by atoms with E-state index in [1.165, 1.54) is 6.42 Å². The number of carboxylic acids is 1. The van der Waals surface area contributed by atoms with Gasteiger partial charge in [-0.2, -0.15) is 0 Å². The Labute approximate surface area is 201 Å². The van der Waals surface area contributed by atoms with E-state index in [0.29, 0.717) is 25.0 Å². The van der Waals surface area contributed by atoms with Gasteiger partial charge >= 0.3 is 11.9 Å². The number of hydrogen-bond acceptors (Lipinski definition) is 8. The monoisotopic (exact) mass is 484 g/mol. The Hall–Kier alpha value is -1.26. The number of esters is 1. The summed E-state index contributed by atoms with van der Waals surface area (Å²) in [5.41, 5.74) is -0.561. The van der Waals surface area contributed by atoms with Gasteiger partial charge in [0.1, 0.15) is 0 Å². The van der Waals surface area contributed by atoms with E-state index in [9.17, 15) is 9.59 Å². The van der Waals surface area contributed by atoms with E-state index in [1.54, 1.807) is 0 Å². The van der Waals surface area contributed by atoms with Crippen LogP contribution in [0.1, 0.15) is 85.0 Å². The van der Waals surface area contributed by atoms with Crippen LogP contribution in [-0.2, 0) is 38.3 Å². The maximum Gasteiger partial charge on any atom is 0.306 e. The van der Waals surface area contributed by atoms with Crippen molar-refractivity contribution < 1.29 is 43.4 Å². The number of unbranched alkanes of at least 4 members (excludes halogenated alkanes) is 3. The molecule has 34 heavy (non-hydrogen) atoms. The molecular weight excluding hydrogens is 444 g/mol. The number of carbonyl (C=O) groups excluding carboxylic acids is 1. The molecule has 1 aliphatic carbocycles. The van der Waals surface area contributed by atoms with Gasteiger partial charge in [0.2, 0.25) is 5.79 Å². The molecule has 4 saturated heterocycles. The SMILES string of the molecule is C[C@H]1[C@@H](OCCCCCCOC(=O)CCC(=O)O)O[C@@H]2O[C@]3(C)CC[C@H]4[C@H](C)CC[C@@H]1[C@@]24OO3. The number of hydrogen-bond donors (Lipinski definition) is 1. The van der Waals surface area contributed by atoms with Gasteiger partial charge in [-0.3, -0.25) is 9.59 Å². The van der Waals surface area contributed by atoms with Crippen molar-refractivity contribution in [1.29, 1.82) is 0 Å². The summed E-state index contributed by atoms with van der Waals surface area (Å²) >= 11 is 0. The molecule has 5 rings (SSSR count). The van der Waals surface area contributed by atoms with Gasteiger partial charge in [0, 0.05) is 24.9 Å². The second-order valence-electron chi connectivity index (χ2n) is 10.7. The van der Waals surface area contributed by atoms with Crippen molar-refractivity contribution >= 4 is 11.9 Å². The van der Waals surface area contributed by atoms with E-state index in [0.717, 1.165) is 44.9 Å². The lowest BCUT2D eigenvalue weighted by molar-refractivity contribution is -0.577. The van der Waals surface area contributed by atoms with Crippen LogP contribution in [0.2, 0.25) is 0 Å². The van der Waals surface area contributed by atoms with Crippen LogP contribution in [0.4, 0.5) is 0 Å². The normalized spacial score (nSPS) is 40.9. The molecule has 1 spiro atoms. The van der Waals surface area contributed by atoms with Crippen LogP contribution in [0.15, 0.2) is 0 Å². The lowest BCUT2D eigenvalue weighted by atomic mass is 9.58. The molecule has 0 aromatic rings. The first kappa shape index (κ1) is 25.8. The van der Waals surface area contributed by atoms with Crippen LogP contribution < -0.4 is 0 Å². The Morgan fingerprint density at radius 1 is 0.971 bits per heavy atom. The van der Waals surface area contributed by atoms with E-state index in [1.807, 2.05) is 6.92 Å². The molecule has 0 aromatic heterocycles. The summed E-state index contributed by atoms with van der Waals surface area (Å²) < 4.78 is 24.0. The third-order valence-electron chi connectivity index (χ3n) is 8.22. The zero-order valence-corrected chi connectivity index (χ0v) is 20.7. The number of fused-ring (bicyclic) bond motifs is 2. The highest BCUT2D eigenvalue weighted by atomic mass is 17.3. The predicted octanol–water partition coefficient (Wildman–Crippen LogP) is 4.18. The molecule has 0 unspecified atom stereocenters. The number of rotatable bonds is 11. The van der Waals surface area contributed by atoms with E-state index in [2.05, 4.69) is 13.8 Å². The van der Waals surface area contributed by atoms with Gasteiger partial charge in [-0.05, 0) is 57.3 Å². The Balaban J connectivity index is 1.21. The van der Waals surface area contributed by atoms with Crippen molar-refractivity contribution in [1.82, 2.24) is 0 Å². The average Bonchev–Trinajstić information content (AvgIpc) is 3.03. The molecule has 8 atom stereocenters. The molecule has 4 heterocycles. The van der Waals surface area contributed by atoms with Gasteiger partial charge in [0.15, 0.2) is 18.2 Å². The zero-order valence-electron chi connectivity index (χ0n) is 20.7. The number of carboxylic acid groups (broad SMARTS) is 1. The molecule has 194 valence electrons. The molecule has 9 heteroatoms. The van der Waals surface area contributed by atoms with Crippen molar-refractivity contribution in [2.24, 2.45) is 23.7 Å². The minimum atomic E-state index is -0.991. The zero-order chi connectivity index (χ0) is 24.3. The largest absolute Gasteiger partial charge is 0.481 e. The summed E-state index contributed by atoms with van der Waals surface area (Å²) in [6.45, 7) is 7.34. The molecule has 1 N–H and O–H groups in total.